The smallest absolute Gasteiger partial charge is 0.322 e. The Labute approximate surface area is 143 Å². The normalized spacial score (nSPS) is 20.5. The van der Waals surface area contributed by atoms with Gasteiger partial charge in [0, 0.05) is 44.4 Å². The van der Waals surface area contributed by atoms with Gasteiger partial charge >= 0.3 is 6.03 Å². The van der Waals surface area contributed by atoms with Gasteiger partial charge in [-0.25, -0.2) is 13.6 Å². The number of urea groups is 1. The van der Waals surface area contributed by atoms with Crippen LogP contribution in [0.4, 0.5) is 19.3 Å². The molecule has 0 radical (unpaired) electrons. The van der Waals surface area contributed by atoms with Gasteiger partial charge in [-0.05, 0) is 18.6 Å². The maximum absolute atomic E-state index is 13.3. The van der Waals surface area contributed by atoms with E-state index in [4.69, 9.17) is 0 Å². The molecular weight excluding hydrogens is 334 g/mol. The molecule has 1 atom stereocenters. The SMILES string of the molecule is O=C1NC(=O)[C@@H](CCC(=O)N2CCN(c3cc(F)cc(F)c3)CC2)N1. The first-order valence-electron chi connectivity index (χ1n) is 8.02. The molecule has 7 nitrogen and oxygen atoms in total. The van der Waals surface area contributed by atoms with Crippen LogP contribution in [0, 0.1) is 11.6 Å². The first-order chi connectivity index (χ1) is 11.9. The number of piperazine rings is 1. The molecule has 2 heterocycles. The number of carbonyl (C=O) groups excluding carboxylic acids is 3. The maximum atomic E-state index is 13.3. The first-order valence-corrected chi connectivity index (χ1v) is 8.02. The molecule has 1 aromatic rings. The number of benzene rings is 1. The van der Waals surface area contributed by atoms with Gasteiger partial charge in [0.15, 0.2) is 0 Å². The molecule has 4 amide bonds. The number of imide groups is 1. The number of amides is 4. The topological polar surface area (TPSA) is 81.8 Å². The molecule has 1 aromatic carbocycles. The lowest BCUT2D eigenvalue weighted by atomic mass is 10.1. The monoisotopic (exact) mass is 352 g/mol. The second-order valence-electron chi connectivity index (χ2n) is 6.05. The van der Waals surface area contributed by atoms with E-state index in [-0.39, 0.29) is 18.7 Å². The van der Waals surface area contributed by atoms with Gasteiger partial charge in [0.25, 0.3) is 5.91 Å². The standard InChI is InChI=1S/C16H18F2N4O3/c17-10-7-11(18)9-12(8-10)21-3-5-22(6-4-21)14(23)2-1-13-15(24)20-16(25)19-13/h7-9,13H,1-6H2,(H2,19,20,24,25)/t13-/m1/s1. The molecule has 0 spiro atoms. The Morgan fingerprint density at radius 2 is 1.72 bits per heavy atom. The summed E-state index contributed by atoms with van der Waals surface area (Å²) in [5.74, 6) is -1.80. The molecular formula is C16H18F2N4O3. The quantitative estimate of drug-likeness (QED) is 0.778. The third-order valence-corrected chi connectivity index (χ3v) is 4.35. The molecule has 0 saturated carbocycles. The second-order valence-corrected chi connectivity index (χ2v) is 6.05. The predicted molar refractivity (Wildman–Crippen MR) is 84.8 cm³/mol. The minimum absolute atomic E-state index is 0.112. The van der Waals surface area contributed by atoms with E-state index in [0.29, 0.717) is 31.9 Å². The van der Waals surface area contributed by atoms with Crippen molar-refractivity contribution in [2.75, 3.05) is 31.1 Å². The summed E-state index contributed by atoms with van der Waals surface area (Å²) in [5, 5.41) is 4.57. The Morgan fingerprint density at radius 3 is 2.28 bits per heavy atom. The van der Waals surface area contributed by atoms with Crippen molar-refractivity contribution >= 4 is 23.5 Å². The van der Waals surface area contributed by atoms with Gasteiger partial charge in [0.05, 0.1) is 0 Å². The summed E-state index contributed by atoms with van der Waals surface area (Å²) in [6.07, 6.45) is 0.388. The minimum atomic E-state index is -0.673. The molecule has 9 heteroatoms. The van der Waals surface area contributed by atoms with Crippen LogP contribution in [-0.2, 0) is 9.59 Å². The van der Waals surface area contributed by atoms with Crippen LogP contribution in [-0.4, -0.2) is 55.0 Å². The zero-order valence-electron chi connectivity index (χ0n) is 13.4. The summed E-state index contributed by atoms with van der Waals surface area (Å²) in [6, 6.07) is 2.14. The van der Waals surface area contributed by atoms with Crippen LogP contribution in [0.2, 0.25) is 0 Å². The number of hydrogen-bond acceptors (Lipinski definition) is 4. The molecule has 3 rings (SSSR count). The van der Waals surface area contributed by atoms with Gasteiger partial charge in [-0.2, -0.15) is 0 Å². The lowest BCUT2D eigenvalue weighted by Crippen LogP contribution is -2.49. The molecule has 25 heavy (non-hydrogen) atoms. The van der Waals surface area contributed by atoms with Crippen molar-refractivity contribution in [3.8, 4) is 0 Å². The summed E-state index contributed by atoms with van der Waals surface area (Å²) in [7, 11) is 0. The summed E-state index contributed by atoms with van der Waals surface area (Å²) in [4.78, 5) is 38.2. The molecule has 2 N–H and O–H groups in total. The summed E-state index contributed by atoms with van der Waals surface area (Å²) in [5.41, 5.74) is 0.454. The highest BCUT2D eigenvalue weighted by atomic mass is 19.1. The van der Waals surface area contributed by atoms with Crippen LogP contribution >= 0.6 is 0 Å². The Morgan fingerprint density at radius 1 is 1.08 bits per heavy atom. The van der Waals surface area contributed by atoms with E-state index in [0.717, 1.165) is 6.07 Å². The first kappa shape index (κ1) is 17.1. The molecule has 0 aliphatic carbocycles. The number of carbonyl (C=O) groups is 3. The van der Waals surface area contributed by atoms with E-state index >= 15 is 0 Å². The highest BCUT2D eigenvalue weighted by Gasteiger charge is 2.30. The van der Waals surface area contributed by atoms with E-state index in [2.05, 4.69) is 10.6 Å². The number of rotatable bonds is 4. The molecule has 2 aliphatic heterocycles. The molecule has 0 bridgehead atoms. The van der Waals surface area contributed by atoms with Crippen molar-refractivity contribution in [2.45, 2.75) is 18.9 Å². The number of hydrogen-bond donors (Lipinski definition) is 2. The minimum Gasteiger partial charge on any atom is -0.368 e. The van der Waals surface area contributed by atoms with Crippen molar-refractivity contribution < 1.29 is 23.2 Å². The lowest BCUT2D eigenvalue weighted by molar-refractivity contribution is -0.131. The van der Waals surface area contributed by atoms with Crippen LogP contribution in [0.1, 0.15) is 12.8 Å². The van der Waals surface area contributed by atoms with E-state index in [1.807, 2.05) is 4.90 Å². The Hall–Kier alpha value is -2.71. The molecule has 0 unspecified atom stereocenters. The van der Waals surface area contributed by atoms with Gasteiger partial charge < -0.3 is 15.1 Å². The maximum Gasteiger partial charge on any atom is 0.322 e. The highest BCUT2D eigenvalue weighted by molar-refractivity contribution is 6.04. The largest absolute Gasteiger partial charge is 0.368 e. The van der Waals surface area contributed by atoms with E-state index in [9.17, 15) is 23.2 Å². The molecule has 2 fully saturated rings. The average molecular weight is 352 g/mol. The summed E-state index contributed by atoms with van der Waals surface area (Å²) >= 11 is 0. The van der Waals surface area contributed by atoms with Crippen LogP contribution in [0.25, 0.3) is 0 Å². The van der Waals surface area contributed by atoms with Gasteiger partial charge in [-0.3, -0.25) is 14.9 Å². The molecule has 2 saturated heterocycles. The fourth-order valence-corrected chi connectivity index (χ4v) is 3.02. The van der Waals surface area contributed by atoms with Gasteiger partial charge in [0.2, 0.25) is 5.91 Å². The van der Waals surface area contributed by atoms with Crippen molar-refractivity contribution in [3.05, 3.63) is 29.8 Å². The van der Waals surface area contributed by atoms with Crippen LogP contribution < -0.4 is 15.5 Å². The fraction of sp³-hybridized carbons (Fsp3) is 0.438. The number of halogens is 2. The molecule has 2 aliphatic rings. The van der Waals surface area contributed by atoms with Gasteiger partial charge in [-0.1, -0.05) is 0 Å². The summed E-state index contributed by atoms with van der Waals surface area (Å²) in [6.45, 7) is 1.80. The number of nitrogens with one attached hydrogen (secondary N) is 2. The van der Waals surface area contributed by atoms with E-state index < -0.39 is 29.6 Å². The van der Waals surface area contributed by atoms with E-state index in [1.165, 1.54) is 12.1 Å². The molecule has 134 valence electrons. The average Bonchev–Trinajstić information content (AvgIpc) is 2.89. The Balaban J connectivity index is 1.49. The van der Waals surface area contributed by atoms with Crippen molar-refractivity contribution in [1.29, 1.82) is 0 Å². The molecule has 0 aromatic heterocycles. The number of anilines is 1. The highest BCUT2D eigenvalue weighted by Crippen LogP contribution is 2.20. The zero-order valence-corrected chi connectivity index (χ0v) is 13.4. The Bertz CT molecular complexity index is 684. The van der Waals surface area contributed by atoms with Crippen molar-refractivity contribution in [3.63, 3.8) is 0 Å². The van der Waals surface area contributed by atoms with Crippen molar-refractivity contribution in [1.82, 2.24) is 15.5 Å². The Kier molecular flexibility index (Phi) is 4.82. The van der Waals surface area contributed by atoms with Crippen molar-refractivity contribution in [2.24, 2.45) is 0 Å². The van der Waals surface area contributed by atoms with Crippen LogP contribution in [0.15, 0.2) is 18.2 Å². The third-order valence-electron chi connectivity index (χ3n) is 4.35. The third kappa shape index (κ3) is 4.04. The predicted octanol–water partition coefficient (Wildman–Crippen LogP) is 0.602. The zero-order chi connectivity index (χ0) is 18.0. The van der Waals surface area contributed by atoms with Crippen LogP contribution in [0.3, 0.4) is 0 Å². The van der Waals surface area contributed by atoms with Gasteiger partial charge in [0.1, 0.15) is 17.7 Å². The van der Waals surface area contributed by atoms with Crippen LogP contribution in [0.5, 0.6) is 0 Å². The number of nitrogens with zero attached hydrogens (tertiary/aromatic N) is 2. The fourth-order valence-electron chi connectivity index (χ4n) is 3.02. The van der Waals surface area contributed by atoms with E-state index in [1.54, 1.807) is 4.90 Å². The lowest BCUT2D eigenvalue weighted by Gasteiger charge is -2.36. The summed E-state index contributed by atoms with van der Waals surface area (Å²) < 4.78 is 26.6. The van der Waals surface area contributed by atoms with Gasteiger partial charge in [-0.15, -0.1) is 0 Å². The second kappa shape index (κ2) is 7.04.